The molecule has 0 bridgehead atoms. The number of nitrogen functional groups attached to an aromatic ring is 1. The van der Waals surface area contributed by atoms with Crippen molar-refractivity contribution >= 4 is 17.7 Å². The van der Waals surface area contributed by atoms with Crippen molar-refractivity contribution in [3.05, 3.63) is 24.3 Å². The third kappa shape index (κ3) is 6.46. The number of aromatic nitrogens is 3. The van der Waals surface area contributed by atoms with E-state index in [-0.39, 0.29) is 17.7 Å². The predicted molar refractivity (Wildman–Crippen MR) is 109 cm³/mol. The summed E-state index contributed by atoms with van der Waals surface area (Å²) < 4.78 is 6.56. The van der Waals surface area contributed by atoms with Gasteiger partial charge in [0, 0.05) is 11.6 Å². The summed E-state index contributed by atoms with van der Waals surface area (Å²) in [6.07, 6.45) is 3.29. The van der Waals surface area contributed by atoms with Gasteiger partial charge in [0.2, 0.25) is 11.1 Å². The molecule has 2 rings (SSSR count). The summed E-state index contributed by atoms with van der Waals surface area (Å²) >= 11 is 1.28. The molecule has 1 heterocycles. The lowest BCUT2D eigenvalue weighted by molar-refractivity contribution is -0.119. The van der Waals surface area contributed by atoms with Crippen LogP contribution in [0.1, 0.15) is 40.0 Å². The Morgan fingerprint density at radius 3 is 2.56 bits per heavy atom. The molecular formula is C19H29N5O2S. The smallest absolute Gasteiger partial charge is 0.230 e. The SMILES string of the molecule is COc1ccc(-c2nnc(SCC(=O)NC(C)CCCC(C)C)n2N)cc1. The first-order chi connectivity index (χ1) is 12.9. The number of nitrogens with one attached hydrogen (secondary N) is 1. The highest BCUT2D eigenvalue weighted by Gasteiger charge is 2.15. The summed E-state index contributed by atoms with van der Waals surface area (Å²) in [6.45, 7) is 6.46. The lowest BCUT2D eigenvalue weighted by Gasteiger charge is -2.14. The van der Waals surface area contributed by atoms with Crippen molar-refractivity contribution in [1.29, 1.82) is 0 Å². The van der Waals surface area contributed by atoms with E-state index in [1.807, 2.05) is 31.2 Å². The Hall–Kier alpha value is -2.22. The van der Waals surface area contributed by atoms with E-state index in [1.54, 1.807) is 7.11 Å². The van der Waals surface area contributed by atoms with E-state index >= 15 is 0 Å². The zero-order chi connectivity index (χ0) is 19.8. The van der Waals surface area contributed by atoms with Crippen LogP contribution in [0.25, 0.3) is 11.4 Å². The van der Waals surface area contributed by atoms with E-state index in [0.29, 0.717) is 16.9 Å². The van der Waals surface area contributed by atoms with Gasteiger partial charge in [-0.15, -0.1) is 10.2 Å². The topological polar surface area (TPSA) is 95.1 Å². The number of hydrogen-bond donors (Lipinski definition) is 2. The number of nitrogens with zero attached hydrogens (tertiary/aromatic N) is 3. The van der Waals surface area contributed by atoms with Crippen molar-refractivity contribution < 1.29 is 9.53 Å². The van der Waals surface area contributed by atoms with Crippen molar-refractivity contribution in [2.75, 3.05) is 18.7 Å². The second-order valence-corrected chi connectivity index (χ2v) is 7.93. The van der Waals surface area contributed by atoms with E-state index in [4.69, 9.17) is 10.6 Å². The minimum Gasteiger partial charge on any atom is -0.497 e. The molecule has 7 nitrogen and oxygen atoms in total. The number of nitrogens with two attached hydrogens (primary N) is 1. The Morgan fingerprint density at radius 2 is 1.93 bits per heavy atom. The summed E-state index contributed by atoms with van der Waals surface area (Å²) in [5, 5.41) is 11.8. The number of carbonyl (C=O) groups excluding carboxylic acids is 1. The van der Waals surface area contributed by atoms with Crippen LogP contribution in [-0.2, 0) is 4.79 Å². The number of ether oxygens (including phenoxy) is 1. The molecule has 8 heteroatoms. The minimum absolute atomic E-state index is 0.0222. The highest BCUT2D eigenvalue weighted by molar-refractivity contribution is 7.99. The van der Waals surface area contributed by atoms with Crippen LogP contribution in [-0.4, -0.2) is 39.7 Å². The highest BCUT2D eigenvalue weighted by atomic mass is 32.2. The standard InChI is InChI=1S/C19H29N5O2S/c1-13(2)6-5-7-14(3)21-17(25)12-27-19-23-22-18(24(19)20)15-8-10-16(26-4)11-9-15/h8-11,13-14H,5-7,12,20H2,1-4H3,(H,21,25). The molecule has 27 heavy (non-hydrogen) atoms. The quantitative estimate of drug-likeness (QED) is 0.477. The number of hydrogen-bond acceptors (Lipinski definition) is 6. The van der Waals surface area contributed by atoms with Crippen LogP contribution in [0, 0.1) is 5.92 Å². The van der Waals surface area contributed by atoms with Crippen LogP contribution < -0.4 is 15.9 Å². The van der Waals surface area contributed by atoms with Gasteiger partial charge < -0.3 is 15.9 Å². The van der Waals surface area contributed by atoms with Gasteiger partial charge in [-0.25, -0.2) is 4.68 Å². The van der Waals surface area contributed by atoms with Crippen molar-refractivity contribution in [3.8, 4) is 17.1 Å². The monoisotopic (exact) mass is 391 g/mol. The molecule has 0 fully saturated rings. The van der Waals surface area contributed by atoms with Gasteiger partial charge in [0.25, 0.3) is 0 Å². The van der Waals surface area contributed by atoms with Gasteiger partial charge in [-0.1, -0.05) is 38.5 Å². The van der Waals surface area contributed by atoms with Crippen LogP contribution in [0.3, 0.4) is 0 Å². The summed E-state index contributed by atoms with van der Waals surface area (Å²) in [7, 11) is 1.62. The van der Waals surface area contributed by atoms with Crippen LogP contribution in [0.4, 0.5) is 0 Å². The average Bonchev–Trinajstić information content (AvgIpc) is 3.00. The average molecular weight is 392 g/mol. The van der Waals surface area contributed by atoms with Crippen LogP contribution in [0.15, 0.2) is 29.4 Å². The lowest BCUT2D eigenvalue weighted by Crippen LogP contribution is -2.34. The van der Waals surface area contributed by atoms with Crippen LogP contribution in [0.5, 0.6) is 5.75 Å². The molecular weight excluding hydrogens is 362 g/mol. The lowest BCUT2D eigenvalue weighted by atomic mass is 10.0. The van der Waals surface area contributed by atoms with Crippen molar-refractivity contribution in [2.45, 2.75) is 51.2 Å². The van der Waals surface area contributed by atoms with E-state index < -0.39 is 0 Å². The first-order valence-corrected chi connectivity index (χ1v) is 10.2. The van der Waals surface area contributed by atoms with Gasteiger partial charge in [-0.05, 0) is 43.5 Å². The molecule has 1 atom stereocenters. The fourth-order valence-corrected chi connectivity index (χ4v) is 3.33. The first-order valence-electron chi connectivity index (χ1n) is 9.17. The molecule has 0 aliphatic rings. The van der Waals surface area contributed by atoms with Gasteiger partial charge in [-0.3, -0.25) is 4.79 Å². The van der Waals surface area contributed by atoms with Gasteiger partial charge in [0.05, 0.1) is 12.9 Å². The zero-order valence-electron chi connectivity index (χ0n) is 16.4. The molecule has 1 aromatic carbocycles. The Labute approximate surface area is 165 Å². The van der Waals surface area contributed by atoms with Crippen LogP contribution in [0.2, 0.25) is 0 Å². The maximum absolute atomic E-state index is 12.1. The molecule has 1 aromatic heterocycles. The molecule has 3 N–H and O–H groups in total. The Bertz CT molecular complexity index is 730. The number of methoxy groups -OCH3 is 1. The zero-order valence-corrected chi connectivity index (χ0v) is 17.3. The molecule has 2 aromatic rings. The van der Waals surface area contributed by atoms with E-state index in [0.717, 1.165) is 24.2 Å². The number of benzene rings is 1. The summed E-state index contributed by atoms with van der Waals surface area (Å²) in [5.41, 5.74) is 0.834. The summed E-state index contributed by atoms with van der Waals surface area (Å²) in [5.74, 6) is 8.33. The Kier molecular flexibility index (Phi) is 7.97. The fraction of sp³-hybridized carbons (Fsp3) is 0.526. The van der Waals surface area contributed by atoms with Crippen LogP contribution >= 0.6 is 11.8 Å². The van der Waals surface area contributed by atoms with Crippen molar-refractivity contribution in [1.82, 2.24) is 20.2 Å². The Balaban J connectivity index is 1.85. The van der Waals surface area contributed by atoms with Gasteiger partial charge in [0.15, 0.2) is 5.82 Å². The molecule has 0 radical (unpaired) electrons. The molecule has 0 saturated heterocycles. The fourth-order valence-electron chi connectivity index (χ4n) is 2.66. The third-order valence-electron chi connectivity index (χ3n) is 4.17. The number of rotatable bonds is 10. The van der Waals surface area contributed by atoms with E-state index in [9.17, 15) is 4.79 Å². The molecule has 148 valence electrons. The number of thioether (sulfide) groups is 1. The summed E-state index contributed by atoms with van der Waals surface area (Å²) in [4.78, 5) is 12.1. The first kappa shape index (κ1) is 21.1. The second kappa shape index (κ2) is 10.2. The van der Waals surface area contributed by atoms with Crippen molar-refractivity contribution in [2.24, 2.45) is 5.92 Å². The number of carbonyl (C=O) groups is 1. The number of amides is 1. The normalized spacial score (nSPS) is 12.2. The Morgan fingerprint density at radius 1 is 1.22 bits per heavy atom. The highest BCUT2D eigenvalue weighted by Crippen LogP contribution is 2.23. The van der Waals surface area contributed by atoms with Gasteiger partial charge in [-0.2, -0.15) is 0 Å². The minimum atomic E-state index is -0.0222. The largest absolute Gasteiger partial charge is 0.497 e. The molecule has 0 spiro atoms. The van der Waals surface area contributed by atoms with E-state index in [2.05, 4.69) is 29.4 Å². The van der Waals surface area contributed by atoms with Gasteiger partial charge in [0.1, 0.15) is 5.75 Å². The molecule has 0 aliphatic heterocycles. The van der Waals surface area contributed by atoms with Gasteiger partial charge >= 0.3 is 0 Å². The molecule has 0 aliphatic carbocycles. The maximum Gasteiger partial charge on any atom is 0.230 e. The molecule has 0 saturated carbocycles. The predicted octanol–water partition coefficient (Wildman–Crippen LogP) is 3.09. The third-order valence-corrected chi connectivity index (χ3v) is 5.11. The van der Waals surface area contributed by atoms with E-state index in [1.165, 1.54) is 22.9 Å². The molecule has 1 unspecified atom stereocenters. The summed E-state index contributed by atoms with van der Waals surface area (Å²) in [6, 6.07) is 7.58. The maximum atomic E-state index is 12.1. The van der Waals surface area contributed by atoms with Crippen molar-refractivity contribution in [3.63, 3.8) is 0 Å². The molecule has 1 amide bonds. The second-order valence-electron chi connectivity index (χ2n) is 6.99.